The van der Waals surface area contributed by atoms with Crippen molar-refractivity contribution in [3.05, 3.63) is 0 Å². The molecule has 0 spiro atoms. The molecule has 0 saturated carbocycles. The Morgan fingerprint density at radius 2 is 1.24 bits per heavy atom. The van der Waals surface area contributed by atoms with Gasteiger partial charge in [-0.3, -0.25) is 0 Å². The molecule has 17 heavy (non-hydrogen) atoms. The number of hydrogen-bond donors (Lipinski definition) is 0. The minimum Gasteiger partial charge on any atom is -0.307 e. The van der Waals surface area contributed by atoms with Gasteiger partial charge in [0.2, 0.25) is 0 Å². The largest absolute Gasteiger partial charge is 0.307 e. The monoisotopic (exact) mass is 247 g/mol. The number of likely N-dealkylation sites (tertiary alicyclic amines) is 1. The topological polar surface area (TPSA) is 20.3 Å². The van der Waals surface area contributed by atoms with Gasteiger partial charge in [-0.15, -0.1) is 0 Å². The van der Waals surface area contributed by atoms with Crippen LogP contribution < -0.4 is 0 Å². The van der Waals surface area contributed by atoms with Gasteiger partial charge < -0.3 is 9.69 Å². The van der Waals surface area contributed by atoms with E-state index in [1.165, 1.54) is 32.5 Å². The van der Waals surface area contributed by atoms with Crippen molar-refractivity contribution in [3.63, 3.8) is 0 Å². The Morgan fingerprint density at radius 1 is 0.941 bits per heavy atom. The van der Waals surface area contributed by atoms with Crippen LogP contribution in [0.3, 0.4) is 0 Å². The number of nitrogens with zero attached hydrogens (tertiary/aromatic N) is 1. The van der Waals surface area contributed by atoms with E-state index in [0.717, 1.165) is 5.92 Å². The molecule has 1 fully saturated rings. The number of hydrogen-bond acceptors (Lipinski definition) is 2. The zero-order chi connectivity index (χ0) is 14.7. The number of carbonyl (C=O) groups is 1. The maximum atomic E-state index is 8.00. The highest BCUT2D eigenvalue weighted by Crippen LogP contribution is 2.14. The lowest BCUT2D eigenvalue weighted by atomic mass is 9.99. The second-order valence-electron chi connectivity index (χ2n) is 3.12. The van der Waals surface area contributed by atoms with E-state index in [9.17, 15) is 0 Å². The minimum atomic E-state index is 0.979. The summed E-state index contributed by atoms with van der Waals surface area (Å²) in [5.41, 5.74) is 0. The van der Waals surface area contributed by atoms with Crippen molar-refractivity contribution in [2.75, 3.05) is 19.6 Å². The van der Waals surface area contributed by atoms with Crippen LogP contribution in [-0.2, 0) is 4.79 Å². The fourth-order valence-corrected chi connectivity index (χ4v) is 1.38. The van der Waals surface area contributed by atoms with E-state index < -0.39 is 0 Å². The lowest BCUT2D eigenvalue weighted by Gasteiger charge is -2.28. The van der Waals surface area contributed by atoms with E-state index in [4.69, 9.17) is 4.79 Å². The molecule has 0 radical (unpaired) electrons. The van der Waals surface area contributed by atoms with Crippen molar-refractivity contribution in [2.24, 2.45) is 5.92 Å². The van der Waals surface area contributed by atoms with Gasteiger partial charge in [0.15, 0.2) is 0 Å². The average Bonchev–Trinajstić information content (AvgIpc) is 2.48. The number of carbonyl (C=O) groups excluding carboxylic acids is 1. The molecule has 0 N–H and O–H groups in total. The second-order valence-corrected chi connectivity index (χ2v) is 3.12. The Bertz CT molecular complexity index is 88.9. The fourth-order valence-electron chi connectivity index (χ4n) is 1.38. The van der Waals surface area contributed by atoms with Gasteiger partial charge in [0, 0.05) is 0 Å². The molecule has 2 nitrogen and oxygen atoms in total. The smallest absolute Gasteiger partial charge is 0.106 e. The van der Waals surface area contributed by atoms with Crippen LogP contribution >= 0.6 is 0 Å². The maximum Gasteiger partial charge on any atom is 0.106 e. The third-order valence-electron chi connectivity index (χ3n) is 2.32. The van der Waals surface area contributed by atoms with E-state index in [1.807, 2.05) is 48.3 Å². The summed E-state index contributed by atoms with van der Waals surface area (Å²) >= 11 is 0. The maximum absolute atomic E-state index is 8.00. The SMILES string of the molecule is C=O.CC.CC.CC.CCN1CCC(C)CC1. The standard InChI is InChI=1S/C8H17N.3C2H6.CH2O/c1-3-9-6-4-8(2)5-7-9;4*1-2/h8H,3-7H2,1-2H3;3*1-2H3;1H2. The molecule has 1 rings (SSSR count). The van der Waals surface area contributed by atoms with E-state index in [-0.39, 0.29) is 0 Å². The minimum absolute atomic E-state index is 0.979. The van der Waals surface area contributed by atoms with Gasteiger partial charge in [-0.2, -0.15) is 0 Å². The molecule has 0 unspecified atom stereocenters. The van der Waals surface area contributed by atoms with Gasteiger partial charge in [0.25, 0.3) is 0 Å². The summed E-state index contributed by atoms with van der Waals surface area (Å²) in [5, 5.41) is 0. The van der Waals surface area contributed by atoms with Crippen LogP contribution in [0.4, 0.5) is 0 Å². The van der Waals surface area contributed by atoms with Crippen LogP contribution in [-0.4, -0.2) is 31.3 Å². The van der Waals surface area contributed by atoms with Crippen LogP contribution in [0.15, 0.2) is 0 Å². The molecule has 0 aliphatic carbocycles. The van der Waals surface area contributed by atoms with E-state index >= 15 is 0 Å². The lowest BCUT2D eigenvalue weighted by Crippen LogP contribution is -2.32. The first-order valence-corrected chi connectivity index (χ1v) is 7.34. The third-order valence-corrected chi connectivity index (χ3v) is 2.32. The summed E-state index contributed by atoms with van der Waals surface area (Å²) in [6, 6.07) is 0. The highest BCUT2D eigenvalue weighted by Gasteiger charge is 2.12. The molecule has 108 valence electrons. The molecule has 0 aromatic rings. The highest BCUT2D eigenvalue weighted by molar-refractivity contribution is 5.10. The van der Waals surface area contributed by atoms with Crippen molar-refractivity contribution in [1.82, 2.24) is 4.90 Å². The lowest BCUT2D eigenvalue weighted by molar-refractivity contribution is -0.0979. The molecule has 0 aromatic heterocycles. The average molecular weight is 247 g/mol. The van der Waals surface area contributed by atoms with Gasteiger partial charge in [0.05, 0.1) is 0 Å². The fraction of sp³-hybridized carbons (Fsp3) is 0.933. The molecule has 0 atom stereocenters. The first-order valence-electron chi connectivity index (χ1n) is 7.34. The summed E-state index contributed by atoms with van der Waals surface area (Å²) in [6.07, 6.45) is 2.82. The van der Waals surface area contributed by atoms with E-state index in [2.05, 4.69) is 18.7 Å². The second kappa shape index (κ2) is 29.6. The first kappa shape index (κ1) is 25.5. The zero-order valence-corrected chi connectivity index (χ0v) is 13.7. The molecule has 1 aliphatic heterocycles. The van der Waals surface area contributed by atoms with Crippen molar-refractivity contribution >= 4 is 6.79 Å². The van der Waals surface area contributed by atoms with Gasteiger partial charge in [-0.05, 0) is 38.4 Å². The molecule has 2 heteroatoms. The van der Waals surface area contributed by atoms with Crippen molar-refractivity contribution in [3.8, 4) is 0 Å². The van der Waals surface area contributed by atoms with Crippen LogP contribution in [0.2, 0.25) is 0 Å². The zero-order valence-electron chi connectivity index (χ0n) is 13.7. The van der Waals surface area contributed by atoms with Crippen molar-refractivity contribution < 1.29 is 4.79 Å². The predicted molar refractivity (Wildman–Crippen MR) is 81.7 cm³/mol. The van der Waals surface area contributed by atoms with E-state index in [1.54, 1.807) is 0 Å². The van der Waals surface area contributed by atoms with Crippen LogP contribution in [0.5, 0.6) is 0 Å². The molecule has 1 saturated heterocycles. The molecule has 0 aromatic carbocycles. The van der Waals surface area contributed by atoms with Crippen LogP contribution in [0.25, 0.3) is 0 Å². The van der Waals surface area contributed by atoms with Crippen molar-refractivity contribution in [2.45, 2.75) is 68.2 Å². The molecule has 0 amide bonds. The van der Waals surface area contributed by atoms with Gasteiger partial charge >= 0.3 is 0 Å². The Hall–Kier alpha value is -0.370. The Kier molecular flexibility index (Phi) is 44.4. The van der Waals surface area contributed by atoms with Gasteiger partial charge in [0.1, 0.15) is 6.79 Å². The predicted octanol–water partition coefficient (Wildman–Crippen LogP) is 4.63. The summed E-state index contributed by atoms with van der Waals surface area (Å²) in [7, 11) is 0. The summed E-state index contributed by atoms with van der Waals surface area (Å²) in [6.45, 7) is 22.5. The highest BCUT2D eigenvalue weighted by atomic mass is 16.1. The van der Waals surface area contributed by atoms with Crippen LogP contribution in [0, 0.1) is 5.92 Å². The van der Waals surface area contributed by atoms with Gasteiger partial charge in [-0.1, -0.05) is 55.4 Å². The summed E-state index contributed by atoms with van der Waals surface area (Å²) in [4.78, 5) is 10.5. The molecule has 1 heterocycles. The summed E-state index contributed by atoms with van der Waals surface area (Å²) < 4.78 is 0. The normalized spacial score (nSPS) is 14.4. The first-order chi connectivity index (χ1) is 8.33. The molecule has 0 bridgehead atoms. The third kappa shape index (κ3) is 21.5. The van der Waals surface area contributed by atoms with Gasteiger partial charge in [-0.25, -0.2) is 0 Å². The van der Waals surface area contributed by atoms with E-state index in [0.29, 0.717) is 0 Å². The Morgan fingerprint density at radius 3 is 1.47 bits per heavy atom. The summed E-state index contributed by atoms with van der Waals surface area (Å²) in [5.74, 6) is 0.979. The molecule has 1 aliphatic rings. The Labute approximate surface area is 111 Å². The number of piperidine rings is 1. The van der Waals surface area contributed by atoms with Crippen molar-refractivity contribution in [1.29, 1.82) is 0 Å². The number of rotatable bonds is 1. The van der Waals surface area contributed by atoms with Crippen LogP contribution in [0.1, 0.15) is 68.2 Å². The Balaban J connectivity index is -0.0000000905. The quantitative estimate of drug-likeness (QED) is 0.673. The molecular formula is C15H37NO. The molecular weight excluding hydrogens is 210 g/mol.